The zero-order chi connectivity index (χ0) is 17.1. The lowest BCUT2D eigenvalue weighted by Crippen LogP contribution is -2.10. The summed E-state index contributed by atoms with van der Waals surface area (Å²) in [7, 11) is 0. The van der Waals surface area contributed by atoms with E-state index in [0.717, 1.165) is 11.3 Å². The molecule has 0 saturated heterocycles. The van der Waals surface area contributed by atoms with Crippen molar-refractivity contribution in [1.29, 1.82) is 0 Å². The van der Waals surface area contributed by atoms with Crippen LogP contribution in [0.3, 0.4) is 0 Å². The van der Waals surface area contributed by atoms with Gasteiger partial charge in [0.15, 0.2) is 5.69 Å². The van der Waals surface area contributed by atoms with Crippen LogP contribution in [0.25, 0.3) is 11.3 Å². The molecule has 1 aliphatic rings. The number of aromatic nitrogens is 2. The highest BCUT2D eigenvalue weighted by Crippen LogP contribution is 2.33. The second-order valence-electron chi connectivity index (χ2n) is 6.57. The van der Waals surface area contributed by atoms with Crippen molar-refractivity contribution in [3.05, 3.63) is 46.9 Å². The number of aryl methyl sites for hydroxylation is 2. The third kappa shape index (κ3) is 3.32. The van der Waals surface area contributed by atoms with Crippen LogP contribution in [-0.2, 0) is 6.42 Å². The van der Waals surface area contributed by atoms with E-state index in [0.29, 0.717) is 23.7 Å². The maximum Gasteiger partial charge on any atom is 0.356 e. The molecule has 2 aromatic rings. The maximum atomic E-state index is 11.4. The summed E-state index contributed by atoms with van der Waals surface area (Å²) in [5, 5.41) is 9.37. The van der Waals surface area contributed by atoms with E-state index in [1.54, 1.807) is 0 Å². The molecule has 4 heteroatoms. The van der Waals surface area contributed by atoms with E-state index in [4.69, 9.17) is 0 Å². The molecule has 0 radical (unpaired) electrons. The van der Waals surface area contributed by atoms with Gasteiger partial charge in [-0.05, 0) is 37.7 Å². The first-order chi connectivity index (χ1) is 11.6. The van der Waals surface area contributed by atoms with Crippen molar-refractivity contribution >= 4 is 5.97 Å². The molecule has 1 aromatic heterocycles. The van der Waals surface area contributed by atoms with Gasteiger partial charge >= 0.3 is 5.97 Å². The number of carboxylic acid groups (broad SMARTS) is 1. The molecule has 1 aromatic carbocycles. The summed E-state index contributed by atoms with van der Waals surface area (Å²) in [5.41, 5.74) is 4.37. The number of aromatic carboxylic acids is 1. The van der Waals surface area contributed by atoms with Gasteiger partial charge in [-0.3, -0.25) is 4.98 Å². The van der Waals surface area contributed by atoms with Crippen LogP contribution < -0.4 is 0 Å². The fourth-order valence-electron chi connectivity index (χ4n) is 3.61. The van der Waals surface area contributed by atoms with Crippen LogP contribution in [0.1, 0.15) is 72.4 Å². The van der Waals surface area contributed by atoms with Crippen molar-refractivity contribution in [1.82, 2.24) is 9.97 Å². The molecule has 126 valence electrons. The fourth-order valence-corrected chi connectivity index (χ4v) is 3.61. The van der Waals surface area contributed by atoms with E-state index in [-0.39, 0.29) is 5.69 Å². The van der Waals surface area contributed by atoms with Crippen molar-refractivity contribution in [3.63, 3.8) is 0 Å². The molecule has 1 fully saturated rings. The second-order valence-corrected chi connectivity index (χ2v) is 6.57. The third-order valence-corrected chi connectivity index (χ3v) is 4.94. The topological polar surface area (TPSA) is 63.1 Å². The molecule has 0 atom stereocenters. The summed E-state index contributed by atoms with van der Waals surface area (Å²) in [6.45, 7) is 3.79. The SMILES string of the molecule is CCc1nc(C)c(-c2ccc(C3CCCCC3)cc2)nc1C(=O)O. The Morgan fingerprint density at radius 1 is 1.12 bits per heavy atom. The number of benzene rings is 1. The number of hydrogen-bond donors (Lipinski definition) is 1. The summed E-state index contributed by atoms with van der Waals surface area (Å²) < 4.78 is 0. The Bertz CT molecular complexity index is 732. The van der Waals surface area contributed by atoms with Crippen molar-refractivity contribution in [2.24, 2.45) is 0 Å². The van der Waals surface area contributed by atoms with Gasteiger partial charge in [-0.15, -0.1) is 0 Å². The average molecular weight is 324 g/mol. The normalized spacial score (nSPS) is 15.4. The Morgan fingerprint density at radius 2 is 1.79 bits per heavy atom. The quantitative estimate of drug-likeness (QED) is 0.880. The van der Waals surface area contributed by atoms with Crippen LogP contribution in [0.2, 0.25) is 0 Å². The predicted molar refractivity (Wildman–Crippen MR) is 94.4 cm³/mol. The number of carboxylic acids is 1. The predicted octanol–water partition coefficient (Wildman–Crippen LogP) is 4.76. The molecule has 1 N–H and O–H groups in total. The number of rotatable bonds is 4. The number of nitrogens with zero attached hydrogens (tertiary/aromatic N) is 2. The second kappa shape index (κ2) is 7.12. The molecular formula is C20H24N2O2. The van der Waals surface area contributed by atoms with Gasteiger partial charge in [0.1, 0.15) is 0 Å². The molecule has 0 amide bonds. The summed E-state index contributed by atoms with van der Waals surface area (Å²) in [4.78, 5) is 20.3. The first kappa shape index (κ1) is 16.6. The fraction of sp³-hybridized carbons (Fsp3) is 0.450. The van der Waals surface area contributed by atoms with E-state index in [1.807, 2.05) is 13.8 Å². The van der Waals surface area contributed by atoms with E-state index in [1.165, 1.54) is 37.7 Å². The Hall–Kier alpha value is -2.23. The minimum Gasteiger partial charge on any atom is -0.476 e. The minimum atomic E-state index is -1.01. The highest BCUT2D eigenvalue weighted by molar-refractivity contribution is 5.87. The largest absolute Gasteiger partial charge is 0.476 e. The third-order valence-electron chi connectivity index (χ3n) is 4.94. The molecule has 3 rings (SSSR count). The van der Waals surface area contributed by atoms with Crippen LogP contribution >= 0.6 is 0 Å². The summed E-state index contributed by atoms with van der Waals surface area (Å²) in [5.74, 6) is -0.351. The average Bonchev–Trinajstić information content (AvgIpc) is 2.62. The van der Waals surface area contributed by atoms with Gasteiger partial charge < -0.3 is 5.11 Å². The number of carbonyl (C=O) groups is 1. The molecule has 0 aliphatic heterocycles. The first-order valence-electron chi connectivity index (χ1n) is 8.81. The van der Waals surface area contributed by atoms with Gasteiger partial charge in [-0.2, -0.15) is 0 Å². The van der Waals surface area contributed by atoms with Crippen molar-refractivity contribution in [2.45, 2.75) is 58.3 Å². The smallest absolute Gasteiger partial charge is 0.356 e. The van der Waals surface area contributed by atoms with Crippen LogP contribution in [0.5, 0.6) is 0 Å². The molecule has 24 heavy (non-hydrogen) atoms. The Balaban J connectivity index is 1.93. The Kier molecular flexibility index (Phi) is 4.93. The standard InChI is InChI=1S/C20H24N2O2/c1-3-17-19(20(23)24)22-18(13(2)21-17)16-11-9-15(10-12-16)14-7-5-4-6-8-14/h9-12,14H,3-8H2,1-2H3,(H,23,24). The lowest BCUT2D eigenvalue weighted by molar-refractivity contribution is 0.0688. The van der Waals surface area contributed by atoms with Gasteiger partial charge in [0.25, 0.3) is 0 Å². The van der Waals surface area contributed by atoms with Crippen LogP contribution in [0, 0.1) is 6.92 Å². The van der Waals surface area contributed by atoms with Crippen LogP contribution in [0.4, 0.5) is 0 Å². The van der Waals surface area contributed by atoms with E-state index in [2.05, 4.69) is 34.2 Å². The van der Waals surface area contributed by atoms with Gasteiger partial charge in [-0.25, -0.2) is 9.78 Å². The Labute approximate surface area is 143 Å². The molecule has 0 bridgehead atoms. The molecule has 0 unspecified atom stereocenters. The van der Waals surface area contributed by atoms with Gasteiger partial charge in [-0.1, -0.05) is 50.5 Å². The molecular weight excluding hydrogens is 300 g/mol. The van der Waals surface area contributed by atoms with Gasteiger partial charge in [0.05, 0.1) is 17.1 Å². The van der Waals surface area contributed by atoms with E-state index >= 15 is 0 Å². The van der Waals surface area contributed by atoms with Gasteiger partial charge in [0.2, 0.25) is 0 Å². The number of hydrogen-bond acceptors (Lipinski definition) is 3. The zero-order valence-corrected chi connectivity index (χ0v) is 14.4. The van der Waals surface area contributed by atoms with Crippen molar-refractivity contribution in [2.75, 3.05) is 0 Å². The molecule has 1 heterocycles. The maximum absolute atomic E-state index is 11.4. The summed E-state index contributed by atoms with van der Waals surface area (Å²) >= 11 is 0. The zero-order valence-electron chi connectivity index (χ0n) is 14.4. The highest BCUT2D eigenvalue weighted by Gasteiger charge is 2.18. The van der Waals surface area contributed by atoms with Crippen LogP contribution in [0.15, 0.2) is 24.3 Å². The first-order valence-corrected chi connectivity index (χ1v) is 8.81. The highest BCUT2D eigenvalue weighted by atomic mass is 16.4. The van der Waals surface area contributed by atoms with Gasteiger partial charge in [0, 0.05) is 5.56 Å². The van der Waals surface area contributed by atoms with Crippen molar-refractivity contribution in [3.8, 4) is 11.3 Å². The minimum absolute atomic E-state index is 0.0643. The van der Waals surface area contributed by atoms with E-state index in [9.17, 15) is 9.90 Å². The molecule has 0 spiro atoms. The van der Waals surface area contributed by atoms with Crippen molar-refractivity contribution < 1.29 is 9.90 Å². The molecule has 1 saturated carbocycles. The monoisotopic (exact) mass is 324 g/mol. The summed E-state index contributed by atoms with van der Waals surface area (Å²) in [6, 6.07) is 8.44. The summed E-state index contributed by atoms with van der Waals surface area (Å²) in [6.07, 6.45) is 7.09. The molecule has 4 nitrogen and oxygen atoms in total. The molecule has 1 aliphatic carbocycles. The van der Waals surface area contributed by atoms with Crippen LogP contribution in [-0.4, -0.2) is 21.0 Å². The lowest BCUT2D eigenvalue weighted by Gasteiger charge is -2.22. The Morgan fingerprint density at radius 3 is 2.38 bits per heavy atom. The van der Waals surface area contributed by atoms with E-state index < -0.39 is 5.97 Å². The lowest BCUT2D eigenvalue weighted by atomic mass is 9.84.